The van der Waals surface area contributed by atoms with Crippen LogP contribution in [-0.4, -0.2) is 23.5 Å². The molecule has 0 radical (unpaired) electrons. The number of aliphatic carboxylic acids is 1. The number of carboxylic acid groups (broad SMARTS) is 1. The molecule has 1 aliphatic heterocycles. The molecule has 1 saturated carbocycles. The Kier molecular flexibility index (Phi) is 3.95. The number of benzene rings is 1. The van der Waals surface area contributed by atoms with Gasteiger partial charge in [0.1, 0.15) is 0 Å². The molecule has 1 amide bonds. The molecule has 112 valence electrons. The highest BCUT2D eigenvalue weighted by Crippen LogP contribution is 2.35. The minimum absolute atomic E-state index is 0.119. The number of carboxylic acids is 1. The highest BCUT2D eigenvalue weighted by molar-refractivity contribution is 5.96. The summed E-state index contributed by atoms with van der Waals surface area (Å²) in [6.45, 7) is 0.754. The summed E-state index contributed by atoms with van der Waals surface area (Å²) in [6.07, 6.45) is 4.95. The van der Waals surface area contributed by atoms with Gasteiger partial charge in [-0.25, -0.2) is 0 Å². The Morgan fingerprint density at radius 1 is 1.10 bits per heavy atom. The van der Waals surface area contributed by atoms with Gasteiger partial charge in [-0.3, -0.25) is 9.59 Å². The minimum Gasteiger partial charge on any atom is -0.481 e. The second-order valence-corrected chi connectivity index (χ2v) is 6.12. The smallest absolute Gasteiger partial charge is 0.306 e. The van der Waals surface area contributed by atoms with Crippen molar-refractivity contribution < 1.29 is 14.7 Å². The summed E-state index contributed by atoms with van der Waals surface area (Å²) >= 11 is 0. The number of anilines is 1. The molecule has 1 fully saturated rings. The van der Waals surface area contributed by atoms with E-state index in [0.717, 1.165) is 31.5 Å². The van der Waals surface area contributed by atoms with Crippen molar-refractivity contribution in [1.82, 2.24) is 0 Å². The van der Waals surface area contributed by atoms with Crippen molar-refractivity contribution in [2.24, 2.45) is 11.8 Å². The Balaban J connectivity index is 1.80. The molecule has 2 aliphatic rings. The van der Waals surface area contributed by atoms with Crippen molar-refractivity contribution in [3.63, 3.8) is 0 Å². The molecule has 1 aromatic rings. The van der Waals surface area contributed by atoms with Gasteiger partial charge in [0.25, 0.3) is 0 Å². The lowest BCUT2D eigenvalue weighted by Gasteiger charge is -2.26. The average molecular weight is 287 g/mol. The van der Waals surface area contributed by atoms with Gasteiger partial charge < -0.3 is 10.0 Å². The molecule has 0 saturated heterocycles. The van der Waals surface area contributed by atoms with Gasteiger partial charge in [0.05, 0.1) is 5.92 Å². The number of hydrogen-bond acceptors (Lipinski definition) is 2. The van der Waals surface area contributed by atoms with Crippen molar-refractivity contribution in [2.75, 3.05) is 11.4 Å². The second kappa shape index (κ2) is 5.88. The first-order valence-corrected chi connectivity index (χ1v) is 7.79. The number of aryl methyl sites for hydroxylation is 1. The topological polar surface area (TPSA) is 57.6 Å². The lowest BCUT2D eigenvalue weighted by molar-refractivity contribution is -0.141. The number of rotatable bonds is 2. The van der Waals surface area contributed by atoms with E-state index in [1.54, 1.807) is 0 Å². The van der Waals surface area contributed by atoms with Gasteiger partial charge in [0.15, 0.2) is 0 Å². The average Bonchev–Trinajstić information content (AvgIpc) is 2.88. The summed E-state index contributed by atoms with van der Waals surface area (Å²) < 4.78 is 0. The molecular formula is C17H21NO3. The Hall–Kier alpha value is -1.84. The molecule has 0 bridgehead atoms. The van der Waals surface area contributed by atoms with Crippen LogP contribution in [-0.2, 0) is 16.0 Å². The van der Waals surface area contributed by atoms with Crippen LogP contribution in [0.25, 0.3) is 0 Å². The number of para-hydroxylation sites is 1. The molecule has 1 aromatic carbocycles. The van der Waals surface area contributed by atoms with E-state index in [1.807, 2.05) is 23.1 Å². The van der Waals surface area contributed by atoms with E-state index in [0.29, 0.717) is 19.3 Å². The highest BCUT2D eigenvalue weighted by Gasteiger charge is 2.36. The standard InChI is InChI=1S/C17H21NO3/c19-16(13-8-9-14(11-13)17(20)21)18-10-4-3-6-12-5-1-2-7-15(12)18/h1-2,5,7,13-14H,3-4,6,8-11H2,(H,20,21). The third kappa shape index (κ3) is 2.80. The largest absolute Gasteiger partial charge is 0.481 e. The Morgan fingerprint density at radius 2 is 1.86 bits per heavy atom. The summed E-state index contributed by atoms with van der Waals surface area (Å²) in [5.41, 5.74) is 2.26. The third-order valence-corrected chi connectivity index (χ3v) is 4.76. The van der Waals surface area contributed by atoms with Gasteiger partial charge in [-0.15, -0.1) is 0 Å². The SMILES string of the molecule is O=C(O)C1CCC(C(=O)N2CCCCc3ccccc32)C1. The maximum absolute atomic E-state index is 12.8. The quantitative estimate of drug-likeness (QED) is 0.910. The number of carbonyl (C=O) groups is 2. The number of amides is 1. The molecule has 3 rings (SSSR count). The zero-order valence-electron chi connectivity index (χ0n) is 12.1. The fraction of sp³-hybridized carbons (Fsp3) is 0.529. The highest BCUT2D eigenvalue weighted by atomic mass is 16.4. The summed E-state index contributed by atoms with van der Waals surface area (Å²) in [4.78, 5) is 25.8. The van der Waals surface area contributed by atoms with E-state index in [9.17, 15) is 9.59 Å². The van der Waals surface area contributed by atoms with Crippen molar-refractivity contribution in [2.45, 2.75) is 38.5 Å². The number of hydrogen-bond donors (Lipinski definition) is 1. The summed E-state index contributed by atoms with van der Waals surface area (Å²) in [5, 5.41) is 9.10. The normalized spacial score (nSPS) is 25.2. The molecule has 21 heavy (non-hydrogen) atoms. The fourth-order valence-electron chi connectivity index (χ4n) is 3.57. The van der Waals surface area contributed by atoms with Crippen molar-refractivity contribution in [1.29, 1.82) is 0 Å². The van der Waals surface area contributed by atoms with Crippen LogP contribution >= 0.6 is 0 Å². The van der Waals surface area contributed by atoms with E-state index in [-0.39, 0.29) is 17.7 Å². The molecule has 1 N–H and O–H groups in total. The molecule has 1 heterocycles. The van der Waals surface area contributed by atoms with Crippen LogP contribution in [0.1, 0.15) is 37.7 Å². The van der Waals surface area contributed by atoms with Crippen LogP contribution in [0.15, 0.2) is 24.3 Å². The van der Waals surface area contributed by atoms with Crippen LogP contribution in [0.2, 0.25) is 0 Å². The molecular weight excluding hydrogens is 266 g/mol. The molecule has 4 nitrogen and oxygen atoms in total. The van der Waals surface area contributed by atoms with Crippen molar-refractivity contribution >= 4 is 17.6 Å². The van der Waals surface area contributed by atoms with E-state index in [4.69, 9.17) is 5.11 Å². The second-order valence-electron chi connectivity index (χ2n) is 6.12. The van der Waals surface area contributed by atoms with E-state index in [2.05, 4.69) is 6.07 Å². The minimum atomic E-state index is -0.762. The Bertz CT molecular complexity index is 555. The predicted octanol–water partition coefficient (Wildman–Crippen LogP) is 2.86. The Labute approximate surface area is 124 Å². The lowest BCUT2D eigenvalue weighted by atomic mass is 10.0. The first kappa shape index (κ1) is 14.1. The molecule has 4 heteroatoms. The van der Waals surface area contributed by atoms with Gasteiger partial charge in [0.2, 0.25) is 5.91 Å². The molecule has 0 spiro atoms. The van der Waals surface area contributed by atoms with E-state index in [1.165, 1.54) is 5.56 Å². The van der Waals surface area contributed by atoms with Crippen molar-refractivity contribution in [3.05, 3.63) is 29.8 Å². The maximum Gasteiger partial charge on any atom is 0.306 e. The van der Waals surface area contributed by atoms with Crippen LogP contribution in [0.3, 0.4) is 0 Å². The number of carbonyl (C=O) groups excluding carboxylic acids is 1. The van der Waals surface area contributed by atoms with Crippen LogP contribution in [0.5, 0.6) is 0 Å². The first-order chi connectivity index (χ1) is 10.2. The zero-order valence-corrected chi connectivity index (χ0v) is 12.1. The fourth-order valence-corrected chi connectivity index (χ4v) is 3.57. The molecule has 1 aliphatic carbocycles. The van der Waals surface area contributed by atoms with Gasteiger partial charge in [-0.2, -0.15) is 0 Å². The van der Waals surface area contributed by atoms with Gasteiger partial charge >= 0.3 is 5.97 Å². The van der Waals surface area contributed by atoms with Crippen LogP contribution in [0.4, 0.5) is 5.69 Å². The maximum atomic E-state index is 12.8. The van der Waals surface area contributed by atoms with Crippen molar-refractivity contribution in [3.8, 4) is 0 Å². The molecule has 0 aromatic heterocycles. The van der Waals surface area contributed by atoms with Gasteiger partial charge in [-0.05, 0) is 50.2 Å². The summed E-state index contributed by atoms with van der Waals surface area (Å²) in [7, 11) is 0. The molecule has 2 unspecified atom stereocenters. The third-order valence-electron chi connectivity index (χ3n) is 4.76. The number of fused-ring (bicyclic) bond motifs is 1. The van der Waals surface area contributed by atoms with Gasteiger partial charge in [0, 0.05) is 18.2 Å². The number of nitrogens with zero attached hydrogens (tertiary/aromatic N) is 1. The first-order valence-electron chi connectivity index (χ1n) is 7.79. The monoisotopic (exact) mass is 287 g/mol. The van der Waals surface area contributed by atoms with Crippen LogP contribution in [0, 0.1) is 11.8 Å². The lowest BCUT2D eigenvalue weighted by Crippen LogP contribution is -2.36. The Morgan fingerprint density at radius 3 is 2.62 bits per heavy atom. The van der Waals surface area contributed by atoms with E-state index >= 15 is 0 Å². The summed E-state index contributed by atoms with van der Waals surface area (Å²) in [5.74, 6) is -1.12. The van der Waals surface area contributed by atoms with Crippen LogP contribution < -0.4 is 4.90 Å². The molecule has 2 atom stereocenters. The zero-order chi connectivity index (χ0) is 14.8. The van der Waals surface area contributed by atoms with E-state index < -0.39 is 5.97 Å². The summed E-state index contributed by atoms with van der Waals surface area (Å²) in [6, 6.07) is 8.10. The predicted molar refractivity (Wildman–Crippen MR) is 80.2 cm³/mol. The van der Waals surface area contributed by atoms with Gasteiger partial charge in [-0.1, -0.05) is 18.2 Å².